The van der Waals surface area contributed by atoms with Crippen molar-refractivity contribution in [1.82, 2.24) is 9.13 Å². The molecule has 0 radical (unpaired) electrons. The van der Waals surface area contributed by atoms with Crippen LogP contribution in [-0.4, -0.2) is 9.13 Å². The second-order valence-electron chi connectivity index (χ2n) is 20.9. The Morgan fingerprint density at radius 3 is 0.833 bits per heavy atom. The average molecular weight is 1080 g/mol. The second kappa shape index (κ2) is 23.1. The summed E-state index contributed by atoms with van der Waals surface area (Å²) in [6.45, 7) is 0. The lowest BCUT2D eigenvalue weighted by molar-refractivity contribution is 1.13. The lowest BCUT2D eigenvalue weighted by Gasteiger charge is -2.26. The SMILES string of the molecule is C(=C\c1c(-c2ccccc2)n(-c2ccccc2)c2ccccc12)/c1ccc(N(c2ccccc2)c2ccc(-c3ccc(N(c4ccccc4)c4ccc(/C=C/c5c(-c6ccccc6)n(-c6ccccc6)c6ccccc56)cc4)cc3)cc2)cc1. The fourth-order valence-corrected chi connectivity index (χ4v) is 11.8. The highest BCUT2D eigenvalue weighted by atomic mass is 15.1. The highest BCUT2D eigenvalue weighted by Gasteiger charge is 2.21. The summed E-state index contributed by atoms with van der Waals surface area (Å²) in [6, 6.07) is 117. The van der Waals surface area contributed by atoms with Gasteiger partial charge in [-0.05, 0) is 143 Å². The lowest BCUT2D eigenvalue weighted by Crippen LogP contribution is -2.10. The molecule has 14 rings (SSSR count). The van der Waals surface area contributed by atoms with E-state index in [9.17, 15) is 0 Å². The maximum Gasteiger partial charge on any atom is 0.0613 e. The molecule has 12 aromatic carbocycles. The summed E-state index contributed by atoms with van der Waals surface area (Å²) in [6.07, 6.45) is 9.04. The van der Waals surface area contributed by atoms with Crippen LogP contribution in [0.4, 0.5) is 34.1 Å². The minimum Gasteiger partial charge on any atom is -0.311 e. The van der Waals surface area contributed by atoms with E-state index in [0.717, 1.165) is 67.8 Å². The van der Waals surface area contributed by atoms with E-state index in [1.807, 2.05) is 0 Å². The van der Waals surface area contributed by atoms with E-state index in [2.05, 4.69) is 371 Å². The van der Waals surface area contributed by atoms with Crippen molar-refractivity contribution in [3.8, 4) is 45.0 Å². The molecule has 2 aromatic heterocycles. The molecular formula is C80H58N4. The van der Waals surface area contributed by atoms with Crippen molar-refractivity contribution in [2.24, 2.45) is 0 Å². The van der Waals surface area contributed by atoms with Gasteiger partial charge in [-0.15, -0.1) is 0 Å². The third-order valence-electron chi connectivity index (χ3n) is 15.8. The summed E-state index contributed by atoms with van der Waals surface area (Å²) in [4.78, 5) is 4.65. The first kappa shape index (κ1) is 51.0. The van der Waals surface area contributed by atoms with Crippen LogP contribution in [0.3, 0.4) is 0 Å². The third kappa shape index (κ3) is 10.1. The smallest absolute Gasteiger partial charge is 0.0613 e. The molecule has 0 aliphatic carbocycles. The predicted octanol–water partition coefficient (Wildman–Crippen LogP) is 21.9. The molecule has 398 valence electrons. The van der Waals surface area contributed by atoms with Crippen LogP contribution in [0.1, 0.15) is 22.3 Å². The Morgan fingerprint density at radius 2 is 0.488 bits per heavy atom. The van der Waals surface area contributed by atoms with Gasteiger partial charge in [0.05, 0.1) is 22.4 Å². The van der Waals surface area contributed by atoms with Crippen LogP contribution >= 0.6 is 0 Å². The molecule has 0 amide bonds. The van der Waals surface area contributed by atoms with E-state index in [0.29, 0.717) is 0 Å². The summed E-state index contributed by atoms with van der Waals surface area (Å²) >= 11 is 0. The van der Waals surface area contributed by atoms with E-state index in [4.69, 9.17) is 0 Å². The summed E-state index contributed by atoms with van der Waals surface area (Å²) in [5.74, 6) is 0. The largest absolute Gasteiger partial charge is 0.311 e. The molecule has 0 atom stereocenters. The van der Waals surface area contributed by atoms with Crippen molar-refractivity contribution >= 4 is 80.2 Å². The van der Waals surface area contributed by atoms with Crippen LogP contribution in [-0.2, 0) is 0 Å². The van der Waals surface area contributed by atoms with Gasteiger partial charge in [-0.1, -0.05) is 243 Å². The van der Waals surface area contributed by atoms with Gasteiger partial charge in [0.25, 0.3) is 0 Å². The number of para-hydroxylation sites is 6. The van der Waals surface area contributed by atoms with Crippen molar-refractivity contribution in [2.45, 2.75) is 0 Å². The first-order valence-corrected chi connectivity index (χ1v) is 28.7. The standard InChI is InChI=1S/C80H58N4/c1-7-23-63(24-8-1)79-75(73-35-19-21-37-77(73)83(79)67-31-15-5-16-32-67)57-43-59-39-49-69(50-40-59)81(65-27-11-3-12-28-65)71-53-45-61(46-54-71)62-47-55-72(56-48-62)82(66-29-13-4-14-30-66)70-51-41-60(42-52-70)44-58-76-74-36-20-22-38-78(74)84(68-33-17-6-18-34-68)80(76)64-25-9-2-10-26-64/h1-58H/b57-43+,58-44+. The maximum atomic E-state index is 2.39. The Kier molecular flexibility index (Phi) is 14.0. The van der Waals surface area contributed by atoms with Crippen molar-refractivity contribution in [2.75, 3.05) is 9.80 Å². The number of nitrogens with zero attached hydrogens (tertiary/aromatic N) is 4. The molecule has 0 fully saturated rings. The van der Waals surface area contributed by atoms with Gasteiger partial charge in [0.15, 0.2) is 0 Å². The molecule has 0 aliphatic heterocycles. The number of aromatic nitrogens is 2. The minimum atomic E-state index is 1.08. The molecule has 0 saturated carbocycles. The van der Waals surface area contributed by atoms with E-state index in [1.165, 1.54) is 55.4 Å². The van der Waals surface area contributed by atoms with Crippen LogP contribution in [0.15, 0.2) is 328 Å². The third-order valence-corrected chi connectivity index (χ3v) is 15.8. The number of fused-ring (bicyclic) bond motifs is 2. The zero-order chi connectivity index (χ0) is 56.0. The summed E-state index contributed by atoms with van der Waals surface area (Å²) in [5.41, 5.74) is 22.7. The molecule has 4 heteroatoms. The zero-order valence-corrected chi connectivity index (χ0v) is 46.3. The van der Waals surface area contributed by atoms with E-state index in [1.54, 1.807) is 0 Å². The molecule has 0 saturated heterocycles. The Hall–Kier alpha value is -11.2. The molecule has 4 nitrogen and oxygen atoms in total. The Balaban J connectivity index is 0.731. The lowest BCUT2D eigenvalue weighted by atomic mass is 10.0. The Labute approximate surface area is 491 Å². The van der Waals surface area contributed by atoms with Crippen molar-refractivity contribution in [3.63, 3.8) is 0 Å². The fourth-order valence-electron chi connectivity index (χ4n) is 11.8. The van der Waals surface area contributed by atoms with Crippen molar-refractivity contribution < 1.29 is 0 Å². The highest BCUT2D eigenvalue weighted by Crippen LogP contribution is 2.42. The molecule has 0 aliphatic rings. The normalized spacial score (nSPS) is 11.5. The molecule has 14 aromatic rings. The van der Waals surface area contributed by atoms with Crippen LogP contribution in [0.2, 0.25) is 0 Å². The van der Waals surface area contributed by atoms with Crippen LogP contribution in [0, 0.1) is 0 Å². The summed E-state index contributed by atoms with van der Waals surface area (Å²) < 4.78 is 4.78. The topological polar surface area (TPSA) is 16.3 Å². The van der Waals surface area contributed by atoms with Crippen molar-refractivity contribution in [3.05, 3.63) is 350 Å². The quantitative estimate of drug-likeness (QED) is 0.102. The molecular weight excluding hydrogens is 1020 g/mol. The molecule has 0 unspecified atom stereocenters. The number of anilines is 6. The highest BCUT2D eigenvalue weighted by molar-refractivity contribution is 6.02. The summed E-state index contributed by atoms with van der Waals surface area (Å²) in [7, 11) is 0. The Bertz CT molecular complexity index is 4270. The molecule has 0 spiro atoms. The van der Waals surface area contributed by atoms with E-state index < -0.39 is 0 Å². The van der Waals surface area contributed by atoms with Gasteiger partial charge in [0.1, 0.15) is 0 Å². The van der Waals surface area contributed by atoms with Crippen LogP contribution in [0.5, 0.6) is 0 Å². The zero-order valence-electron chi connectivity index (χ0n) is 46.3. The molecule has 2 heterocycles. The van der Waals surface area contributed by atoms with Gasteiger partial charge >= 0.3 is 0 Å². The number of hydrogen-bond donors (Lipinski definition) is 0. The average Bonchev–Trinajstić information content (AvgIpc) is 4.19. The molecule has 0 N–H and O–H groups in total. The van der Waals surface area contributed by atoms with Crippen LogP contribution < -0.4 is 9.80 Å². The predicted molar refractivity (Wildman–Crippen MR) is 357 cm³/mol. The Morgan fingerprint density at radius 1 is 0.214 bits per heavy atom. The number of benzene rings is 12. The maximum absolute atomic E-state index is 2.39. The van der Waals surface area contributed by atoms with E-state index >= 15 is 0 Å². The van der Waals surface area contributed by atoms with Gasteiger partial charge in [-0.2, -0.15) is 0 Å². The first-order valence-electron chi connectivity index (χ1n) is 28.7. The van der Waals surface area contributed by atoms with Gasteiger partial charge in [-0.25, -0.2) is 0 Å². The summed E-state index contributed by atoms with van der Waals surface area (Å²) in [5, 5.41) is 2.42. The molecule has 0 bridgehead atoms. The monoisotopic (exact) mass is 1070 g/mol. The van der Waals surface area contributed by atoms with Gasteiger partial charge < -0.3 is 18.9 Å². The molecule has 84 heavy (non-hydrogen) atoms. The first-order chi connectivity index (χ1) is 41.7. The number of hydrogen-bond acceptors (Lipinski definition) is 2. The second-order valence-corrected chi connectivity index (χ2v) is 20.9. The van der Waals surface area contributed by atoms with Gasteiger partial charge in [0, 0.05) is 67.4 Å². The van der Waals surface area contributed by atoms with Gasteiger partial charge in [-0.3, -0.25) is 0 Å². The van der Waals surface area contributed by atoms with Crippen molar-refractivity contribution in [1.29, 1.82) is 0 Å². The fraction of sp³-hybridized carbons (Fsp3) is 0. The van der Waals surface area contributed by atoms with Crippen LogP contribution in [0.25, 0.3) is 91.1 Å². The van der Waals surface area contributed by atoms with E-state index in [-0.39, 0.29) is 0 Å². The number of rotatable bonds is 15. The minimum absolute atomic E-state index is 1.08. The van der Waals surface area contributed by atoms with Gasteiger partial charge in [0.2, 0.25) is 0 Å².